The molecule has 4 heteroatoms. The number of fused-ring (bicyclic) bond motifs is 2. The highest BCUT2D eigenvalue weighted by Crippen LogP contribution is 2.31. The van der Waals surface area contributed by atoms with Crippen molar-refractivity contribution in [1.29, 1.82) is 0 Å². The van der Waals surface area contributed by atoms with E-state index in [1.807, 2.05) is 72.8 Å². The van der Waals surface area contributed by atoms with Crippen molar-refractivity contribution in [2.45, 2.75) is 4.90 Å². The molecule has 0 aliphatic rings. The van der Waals surface area contributed by atoms with Gasteiger partial charge in [-0.25, -0.2) is 0 Å². The summed E-state index contributed by atoms with van der Waals surface area (Å²) >= 11 is 0. The minimum absolute atomic E-state index is 0.0873. The van der Waals surface area contributed by atoms with Crippen LogP contribution in [0.4, 0.5) is 0 Å². The predicted molar refractivity (Wildman–Crippen MR) is 118 cm³/mol. The normalized spacial score (nSPS) is 10.9. The molecule has 4 aromatic rings. The number of hydrogen-bond acceptors (Lipinski definition) is 2. The van der Waals surface area contributed by atoms with Gasteiger partial charge in [-0.05, 0) is 39.4 Å². The van der Waals surface area contributed by atoms with Crippen molar-refractivity contribution in [2.24, 2.45) is 0 Å². The Morgan fingerprint density at radius 1 is 0.714 bits per heavy atom. The van der Waals surface area contributed by atoms with Crippen LogP contribution in [0.15, 0.2) is 96.9 Å². The van der Waals surface area contributed by atoms with E-state index in [4.69, 9.17) is 0 Å². The summed E-state index contributed by atoms with van der Waals surface area (Å²) in [4.78, 5) is -0.0873. The van der Waals surface area contributed by atoms with Gasteiger partial charge in [0.15, 0.2) is 0 Å². The Labute approximate surface area is 165 Å². The lowest BCUT2D eigenvalue weighted by atomic mass is 10.0. The number of rotatable bonds is 3. The van der Waals surface area contributed by atoms with Crippen LogP contribution >= 0.6 is 0 Å². The average molecular weight is 388 g/mol. The molecule has 4 rings (SSSR count). The summed E-state index contributed by atoms with van der Waals surface area (Å²) in [7, 11) is -4.31. The van der Waals surface area contributed by atoms with Gasteiger partial charge in [-0.2, -0.15) is 8.42 Å². The average Bonchev–Trinajstić information content (AvgIpc) is 2.71. The molecular weight excluding hydrogens is 368 g/mol. The van der Waals surface area contributed by atoms with Crippen LogP contribution in [0.5, 0.6) is 0 Å². The van der Waals surface area contributed by atoms with Gasteiger partial charge in [-0.15, -0.1) is 0 Å². The Morgan fingerprint density at radius 3 is 1.86 bits per heavy atom. The van der Waals surface area contributed by atoms with Gasteiger partial charge in [0, 0.05) is 5.39 Å². The molecule has 0 aliphatic heterocycles. The van der Waals surface area contributed by atoms with Crippen molar-refractivity contribution < 1.29 is 13.0 Å². The first-order chi connectivity index (χ1) is 13.4. The zero-order valence-corrected chi connectivity index (χ0v) is 16.1. The van der Waals surface area contributed by atoms with Gasteiger partial charge < -0.3 is 0 Å². The van der Waals surface area contributed by atoms with Crippen LogP contribution in [0.1, 0.15) is 11.1 Å². The molecule has 4 aromatic carbocycles. The van der Waals surface area contributed by atoms with Crippen LogP contribution in [0.3, 0.4) is 0 Å². The second kappa shape index (κ2) is 8.21. The molecule has 0 heterocycles. The monoisotopic (exact) mass is 388 g/mol. The highest BCUT2D eigenvalue weighted by Gasteiger charge is 2.18. The summed E-state index contributed by atoms with van der Waals surface area (Å²) in [6.07, 6.45) is 3.26. The van der Waals surface area contributed by atoms with Crippen LogP contribution in [0, 0.1) is 0 Å². The maximum Gasteiger partial charge on any atom is 0.295 e. The van der Waals surface area contributed by atoms with E-state index in [9.17, 15) is 13.0 Å². The summed E-state index contributed by atoms with van der Waals surface area (Å²) in [5.74, 6) is 0. The molecule has 0 unspecified atom stereocenters. The summed E-state index contributed by atoms with van der Waals surface area (Å²) in [5.41, 5.74) is 1.57. The molecule has 140 valence electrons. The van der Waals surface area contributed by atoms with Gasteiger partial charge >= 0.3 is 0 Å². The van der Waals surface area contributed by atoms with Crippen LogP contribution in [-0.2, 0) is 10.1 Å². The van der Waals surface area contributed by atoms with Gasteiger partial charge in [0.05, 0.1) is 0 Å². The van der Waals surface area contributed by atoms with Crippen molar-refractivity contribution in [3.63, 3.8) is 0 Å². The Hall–Kier alpha value is -3.21. The third kappa shape index (κ3) is 4.19. The van der Waals surface area contributed by atoms with Gasteiger partial charge in [0.1, 0.15) is 4.90 Å². The first-order valence-corrected chi connectivity index (χ1v) is 10.1. The van der Waals surface area contributed by atoms with E-state index in [1.54, 1.807) is 12.1 Å². The van der Waals surface area contributed by atoms with Crippen molar-refractivity contribution in [3.05, 3.63) is 103 Å². The molecule has 1 N–H and O–H groups in total. The van der Waals surface area contributed by atoms with Crippen LogP contribution in [-0.4, -0.2) is 13.0 Å². The summed E-state index contributed by atoms with van der Waals surface area (Å²) in [6.45, 7) is 7.23. The lowest BCUT2D eigenvalue weighted by Crippen LogP contribution is -2.02. The third-order valence-electron chi connectivity index (χ3n) is 4.38. The van der Waals surface area contributed by atoms with Crippen molar-refractivity contribution in [1.82, 2.24) is 0 Å². The minimum Gasteiger partial charge on any atom is -0.282 e. The molecule has 0 bridgehead atoms. The first kappa shape index (κ1) is 19.5. The number of benzene rings is 4. The van der Waals surface area contributed by atoms with Crippen molar-refractivity contribution >= 4 is 43.8 Å². The maximum absolute atomic E-state index is 11.7. The van der Waals surface area contributed by atoms with E-state index in [2.05, 4.69) is 13.2 Å². The molecule has 0 atom stereocenters. The molecular formula is C24H20O3S. The molecule has 3 nitrogen and oxygen atoms in total. The highest BCUT2D eigenvalue weighted by molar-refractivity contribution is 7.86. The van der Waals surface area contributed by atoms with Crippen molar-refractivity contribution in [3.8, 4) is 0 Å². The molecule has 0 amide bonds. The van der Waals surface area contributed by atoms with Crippen LogP contribution in [0.25, 0.3) is 33.7 Å². The second-order valence-electron chi connectivity index (χ2n) is 6.20. The maximum atomic E-state index is 11.7. The zero-order valence-electron chi connectivity index (χ0n) is 15.2. The first-order valence-electron chi connectivity index (χ1n) is 8.67. The summed E-state index contributed by atoms with van der Waals surface area (Å²) in [5, 5.41) is 3.21. The van der Waals surface area contributed by atoms with E-state index in [1.165, 1.54) is 11.6 Å². The Morgan fingerprint density at radius 2 is 1.32 bits per heavy atom. The molecule has 28 heavy (non-hydrogen) atoms. The SMILES string of the molecule is C=Cc1ccc2cc3ccccc3cc2c1S(=O)(=O)O.C=Cc1ccccc1. The van der Waals surface area contributed by atoms with Gasteiger partial charge in [-0.1, -0.05) is 92.0 Å². The predicted octanol–water partition coefficient (Wildman–Crippen LogP) is 6.21. The molecule has 0 aliphatic carbocycles. The van der Waals surface area contributed by atoms with E-state index in [0.717, 1.165) is 16.2 Å². The molecule has 0 fully saturated rings. The van der Waals surface area contributed by atoms with Gasteiger partial charge in [-0.3, -0.25) is 4.55 Å². The molecule has 0 saturated carbocycles. The highest BCUT2D eigenvalue weighted by atomic mass is 32.2. The van der Waals surface area contributed by atoms with Gasteiger partial charge in [0.25, 0.3) is 10.1 Å². The number of hydrogen-bond donors (Lipinski definition) is 1. The molecule has 0 spiro atoms. The lowest BCUT2D eigenvalue weighted by molar-refractivity contribution is 0.484. The molecule has 0 saturated heterocycles. The largest absolute Gasteiger partial charge is 0.295 e. The fourth-order valence-corrected chi connectivity index (χ4v) is 3.94. The van der Waals surface area contributed by atoms with E-state index < -0.39 is 10.1 Å². The Kier molecular flexibility index (Phi) is 5.73. The topological polar surface area (TPSA) is 54.4 Å². The van der Waals surface area contributed by atoms with E-state index >= 15 is 0 Å². The Balaban J connectivity index is 0.000000236. The fraction of sp³-hybridized carbons (Fsp3) is 0. The van der Waals surface area contributed by atoms with Crippen LogP contribution < -0.4 is 0 Å². The quantitative estimate of drug-likeness (QED) is 0.335. The molecule has 0 aromatic heterocycles. The summed E-state index contributed by atoms with van der Waals surface area (Å²) in [6, 6.07) is 24.9. The third-order valence-corrected chi connectivity index (χ3v) is 5.35. The smallest absolute Gasteiger partial charge is 0.282 e. The minimum atomic E-state index is -4.31. The second-order valence-corrected chi connectivity index (χ2v) is 7.56. The van der Waals surface area contributed by atoms with E-state index in [0.29, 0.717) is 10.9 Å². The summed E-state index contributed by atoms with van der Waals surface area (Å²) < 4.78 is 32.8. The van der Waals surface area contributed by atoms with Gasteiger partial charge in [0.2, 0.25) is 0 Å². The Bertz CT molecular complexity index is 1260. The fourth-order valence-electron chi connectivity index (χ4n) is 3.04. The van der Waals surface area contributed by atoms with Crippen molar-refractivity contribution in [2.75, 3.05) is 0 Å². The zero-order chi connectivity index (χ0) is 20.1. The van der Waals surface area contributed by atoms with E-state index in [-0.39, 0.29) is 4.90 Å². The van der Waals surface area contributed by atoms with Crippen LogP contribution in [0.2, 0.25) is 0 Å². The molecule has 0 radical (unpaired) electrons. The standard InChI is InChI=1S/C16H12O3S.C8H8/c1-2-11-7-8-14-9-12-5-3-4-6-13(12)10-15(14)16(11)20(17,18)19;1-2-8-6-4-3-5-7-8/h2-10H,1H2,(H,17,18,19);2-7H,1H2. The lowest BCUT2D eigenvalue weighted by Gasteiger charge is -2.09.